The lowest BCUT2D eigenvalue weighted by Crippen LogP contribution is -2.19. The van der Waals surface area contributed by atoms with E-state index >= 15 is 0 Å². The third-order valence-corrected chi connectivity index (χ3v) is 5.52. The highest BCUT2D eigenvalue weighted by atomic mass is 32.2. The maximum absolute atomic E-state index is 13.3. The quantitative estimate of drug-likeness (QED) is 0.784. The zero-order valence-corrected chi connectivity index (χ0v) is 11.9. The minimum atomic E-state index is -0.174. The highest BCUT2D eigenvalue weighted by molar-refractivity contribution is 8.17. The van der Waals surface area contributed by atoms with E-state index in [1.54, 1.807) is 29.2 Å². The third kappa shape index (κ3) is 1.72. The van der Waals surface area contributed by atoms with Gasteiger partial charge in [-0.2, -0.15) is 0 Å². The molecule has 0 amide bonds. The molecule has 0 radical (unpaired) electrons. The monoisotopic (exact) mass is 290 g/mol. The van der Waals surface area contributed by atoms with Gasteiger partial charge < -0.3 is 4.90 Å². The molecule has 0 bridgehead atoms. The molecule has 2 aliphatic heterocycles. The van der Waals surface area contributed by atoms with E-state index in [1.807, 2.05) is 6.07 Å². The van der Waals surface area contributed by atoms with Crippen molar-refractivity contribution < 1.29 is 4.39 Å². The molecule has 19 heavy (non-hydrogen) atoms. The fourth-order valence-corrected chi connectivity index (χ4v) is 4.79. The first kappa shape index (κ1) is 11.5. The summed E-state index contributed by atoms with van der Waals surface area (Å²) < 4.78 is 14.4. The number of thioether (sulfide) groups is 1. The molecule has 2 nitrogen and oxygen atoms in total. The molecule has 1 aromatic heterocycles. The lowest BCUT2D eigenvalue weighted by Gasteiger charge is -2.15. The van der Waals surface area contributed by atoms with Crippen LogP contribution in [-0.2, 0) is 0 Å². The van der Waals surface area contributed by atoms with Crippen molar-refractivity contribution in [2.45, 2.75) is 6.92 Å². The summed E-state index contributed by atoms with van der Waals surface area (Å²) in [5.74, 6) is -0.174. The summed E-state index contributed by atoms with van der Waals surface area (Å²) >= 11 is 3.46. The van der Waals surface area contributed by atoms with E-state index in [2.05, 4.69) is 22.9 Å². The van der Waals surface area contributed by atoms with Gasteiger partial charge in [-0.25, -0.2) is 4.39 Å². The molecule has 0 N–H and O–H groups in total. The normalized spacial score (nSPS) is 18.4. The second-order valence-electron chi connectivity index (χ2n) is 4.62. The number of halogens is 1. The predicted octanol–water partition coefficient (Wildman–Crippen LogP) is 4.15. The first-order valence-electron chi connectivity index (χ1n) is 6.12. The molecule has 4 rings (SSSR count). The lowest BCUT2D eigenvalue weighted by molar-refractivity contribution is 0.630. The Balaban J connectivity index is 1.86. The second kappa shape index (κ2) is 4.08. The Morgan fingerprint density at radius 2 is 2.21 bits per heavy atom. The average Bonchev–Trinajstić information content (AvgIpc) is 3.01. The zero-order valence-electron chi connectivity index (χ0n) is 10.3. The highest BCUT2D eigenvalue weighted by Gasteiger charge is 2.31. The molecule has 0 spiro atoms. The molecule has 3 heterocycles. The van der Waals surface area contributed by atoms with Crippen molar-refractivity contribution in [3.8, 4) is 0 Å². The Bertz CT molecular complexity index is 745. The number of amidine groups is 1. The largest absolute Gasteiger partial charge is 0.317 e. The highest BCUT2D eigenvalue weighted by Crippen LogP contribution is 2.44. The second-order valence-corrected chi connectivity index (χ2v) is 6.88. The van der Waals surface area contributed by atoms with E-state index in [1.165, 1.54) is 21.5 Å². The summed E-state index contributed by atoms with van der Waals surface area (Å²) in [5.41, 5.74) is 1.25. The molecule has 96 valence electrons. The van der Waals surface area contributed by atoms with Crippen LogP contribution in [0.4, 0.5) is 4.39 Å². The van der Waals surface area contributed by atoms with E-state index in [4.69, 9.17) is 0 Å². The van der Waals surface area contributed by atoms with Gasteiger partial charge in [0.25, 0.3) is 0 Å². The molecule has 0 fully saturated rings. The Hall–Kier alpha value is -1.33. The number of rotatable bonds is 1. The van der Waals surface area contributed by atoms with Crippen LogP contribution in [0.15, 0.2) is 34.2 Å². The van der Waals surface area contributed by atoms with Gasteiger partial charge in [0.1, 0.15) is 5.82 Å². The van der Waals surface area contributed by atoms with Gasteiger partial charge >= 0.3 is 0 Å². The molecule has 0 unspecified atom stereocenters. The first-order chi connectivity index (χ1) is 9.22. The van der Waals surface area contributed by atoms with Crippen LogP contribution < -0.4 is 0 Å². The number of fused-ring (bicyclic) bond motifs is 2. The van der Waals surface area contributed by atoms with Crippen LogP contribution in [0.1, 0.15) is 11.8 Å². The summed E-state index contributed by atoms with van der Waals surface area (Å²) in [6.07, 6.45) is 0. The van der Waals surface area contributed by atoms with Crippen molar-refractivity contribution in [1.29, 1.82) is 0 Å². The lowest BCUT2D eigenvalue weighted by atomic mass is 10.2. The van der Waals surface area contributed by atoms with E-state index in [0.717, 1.165) is 28.3 Å². The minimum absolute atomic E-state index is 0.174. The van der Waals surface area contributed by atoms with Crippen molar-refractivity contribution in [2.75, 3.05) is 13.1 Å². The van der Waals surface area contributed by atoms with Gasteiger partial charge in [0, 0.05) is 16.1 Å². The van der Waals surface area contributed by atoms with Crippen LogP contribution >= 0.6 is 23.1 Å². The summed E-state index contributed by atoms with van der Waals surface area (Å²) in [7, 11) is 0. The van der Waals surface area contributed by atoms with Gasteiger partial charge in [-0.1, -0.05) is 11.8 Å². The number of benzene rings is 1. The minimum Gasteiger partial charge on any atom is -0.317 e. The fraction of sp³-hybridized carbons (Fsp3) is 0.214. The van der Waals surface area contributed by atoms with E-state index < -0.39 is 0 Å². The average molecular weight is 290 g/mol. The van der Waals surface area contributed by atoms with Crippen molar-refractivity contribution >= 4 is 44.0 Å². The molecule has 1 aromatic carbocycles. The summed E-state index contributed by atoms with van der Waals surface area (Å²) in [5, 5.41) is 2.09. The SMILES string of the molecule is CC1=C(c2cc3cc(F)ccc3s2)N2CCN=C2S1. The molecular formula is C14H11FN2S2. The van der Waals surface area contributed by atoms with Crippen molar-refractivity contribution in [2.24, 2.45) is 4.99 Å². The summed E-state index contributed by atoms with van der Waals surface area (Å²) in [4.78, 5) is 9.27. The van der Waals surface area contributed by atoms with Crippen LogP contribution in [0.5, 0.6) is 0 Å². The van der Waals surface area contributed by atoms with E-state index in [0.29, 0.717) is 0 Å². The molecule has 5 heteroatoms. The smallest absolute Gasteiger partial charge is 0.168 e. The number of nitrogens with zero attached hydrogens (tertiary/aromatic N) is 2. The Morgan fingerprint density at radius 3 is 3.11 bits per heavy atom. The first-order valence-corrected chi connectivity index (χ1v) is 7.76. The van der Waals surface area contributed by atoms with Crippen LogP contribution in [0.25, 0.3) is 15.8 Å². The topological polar surface area (TPSA) is 15.6 Å². The molecule has 0 aliphatic carbocycles. The molecular weight excluding hydrogens is 279 g/mol. The number of hydrogen-bond acceptors (Lipinski definition) is 4. The molecule has 2 aromatic rings. The van der Waals surface area contributed by atoms with Gasteiger partial charge in [-0.15, -0.1) is 11.3 Å². The molecule has 0 saturated heterocycles. The number of thiophene rings is 1. The van der Waals surface area contributed by atoms with Crippen LogP contribution in [-0.4, -0.2) is 23.2 Å². The summed E-state index contributed by atoms with van der Waals surface area (Å²) in [6, 6.07) is 7.07. The van der Waals surface area contributed by atoms with Gasteiger partial charge in [-0.3, -0.25) is 4.99 Å². The summed E-state index contributed by atoms with van der Waals surface area (Å²) in [6.45, 7) is 3.96. The standard InChI is InChI=1S/C14H11FN2S2/c1-8-13(17-5-4-16-14(17)18-8)12-7-9-6-10(15)2-3-11(9)19-12/h2-3,6-7H,4-5H2,1H3. The zero-order chi connectivity index (χ0) is 13.0. The molecule has 0 saturated carbocycles. The Labute approximate surface area is 118 Å². The van der Waals surface area contributed by atoms with Gasteiger partial charge in [-0.05, 0) is 36.6 Å². The maximum atomic E-state index is 13.3. The van der Waals surface area contributed by atoms with Crippen LogP contribution in [0, 0.1) is 5.82 Å². The van der Waals surface area contributed by atoms with Gasteiger partial charge in [0.15, 0.2) is 5.17 Å². The third-order valence-electron chi connectivity index (χ3n) is 3.36. The number of aliphatic imine (C=N–C) groups is 1. The predicted molar refractivity (Wildman–Crippen MR) is 81.0 cm³/mol. The Morgan fingerprint density at radius 1 is 1.32 bits per heavy atom. The Kier molecular flexibility index (Phi) is 2.47. The van der Waals surface area contributed by atoms with Crippen LogP contribution in [0.3, 0.4) is 0 Å². The molecule has 0 atom stereocenters. The van der Waals surface area contributed by atoms with E-state index in [-0.39, 0.29) is 5.82 Å². The van der Waals surface area contributed by atoms with Gasteiger partial charge in [0.2, 0.25) is 0 Å². The molecule has 2 aliphatic rings. The maximum Gasteiger partial charge on any atom is 0.168 e. The van der Waals surface area contributed by atoms with Gasteiger partial charge in [0.05, 0.1) is 17.1 Å². The number of hydrogen-bond donors (Lipinski definition) is 0. The number of allylic oxidation sites excluding steroid dienone is 1. The van der Waals surface area contributed by atoms with Crippen molar-refractivity contribution in [3.05, 3.63) is 39.9 Å². The van der Waals surface area contributed by atoms with Crippen molar-refractivity contribution in [3.63, 3.8) is 0 Å². The van der Waals surface area contributed by atoms with E-state index in [9.17, 15) is 4.39 Å². The van der Waals surface area contributed by atoms with Crippen molar-refractivity contribution in [1.82, 2.24) is 4.90 Å². The van der Waals surface area contributed by atoms with Crippen LogP contribution in [0.2, 0.25) is 0 Å². The fourth-order valence-electron chi connectivity index (χ4n) is 2.53.